The molecule has 1 N–H and O–H groups in total. The summed E-state index contributed by atoms with van der Waals surface area (Å²) in [6.45, 7) is 4.07. The Labute approximate surface area is 186 Å². The lowest BCUT2D eigenvalue weighted by Gasteiger charge is -2.12. The van der Waals surface area contributed by atoms with Gasteiger partial charge < -0.3 is 10.1 Å². The van der Waals surface area contributed by atoms with Gasteiger partial charge in [-0.15, -0.1) is 0 Å². The molecule has 5 heteroatoms. The Bertz CT molecular complexity index is 1330. The molecule has 0 unspecified atom stereocenters. The van der Waals surface area contributed by atoms with Crippen LogP contribution in [0.25, 0.3) is 22.0 Å². The fraction of sp³-hybridized carbons (Fsp3) is 0.185. The Morgan fingerprint density at radius 3 is 2.38 bits per heavy atom. The van der Waals surface area contributed by atoms with Gasteiger partial charge in [0.2, 0.25) is 0 Å². The molecule has 0 bridgehead atoms. The van der Waals surface area contributed by atoms with Gasteiger partial charge in [-0.2, -0.15) is 0 Å². The van der Waals surface area contributed by atoms with Crippen molar-refractivity contribution in [1.29, 1.82) is 0 Å². The summed E-state index contributed by atoms with van der Waals surface area (Å²) in [5, 5.41) is 3.81. The van der Waals surface area contributed by atoms with Crippen LogP contribution < -0.4 is 10.1 Å². The fourth-order valence-corrected chi connectivity index (χ4v) is 3.66. The number of ether oxygens (including phenoxy) is 1. The lowest BCUT2D eigenvalue weighted by Crippen LogP contribution is -2.25. The van der Waals surface area contributed by atoms with Gasteiger partial charge in [0.15, 0.2) is 11.6 Å². The topological polar surface area (TPSA) is 51.2 Å². The summed E-state index contributed by atoms with van der Waals surface area (Å²) in [6.07, 6.45) is 3.76. The second-order valence-electron chi connectivity index (χ2n) is 8.34. The van der Waals surface area contributed by atoms with Crippen LogP contribution >= 0.6 is 0 Å². The van der Waals surface area contributed by atoms with Crippen molar-refractivity contribution in [2.24, 2.45) is 0 Å². The van der Waals surface area contributed by atoms with Crippen molar-refractivity contribution >= 4 is 16.8 Å². The highest BCUT2D eigenvalue weighted by Gasteiger charge is 2.23. The molecule has 0 radical (unpaired) electrons. The van der Waals surface area contributed by atoms with Gasteiger partial charge in [0.05, 0.1) is 5.52 Å². The van der Waals surface area contributed by atoms with E-state index in [2.05, 4.69) is 10.3 Å². The lowest BCUT2D eigenvalue weighted by molar-refractivity contribution is 0.0951. The summed E-state index contributed by atoms with van der Waals surface area (Å²) in [4.78, 5) is 16.6. The monoisotopic (exact) mass is 426 g/mol. The summed E-state index contributed by atoms with van der Waals surface area (Å²) in [6, 6.07) is 18.2. The molecule has 1 saturated carbocycles. The summed E-state index contributed by atoms with van der Waals surface area (Å²) in [7, 11) is 0. The SMILES string of the molecule is Cc1cc2nccc(Oc3ccc(-c4ccc(C(=O)NC5CC5)cc4)cc3F)c2cc1C. The molecular weight excluding hydrogens is 403 g/mol. The number of aryl methyl sites for hydroxylation is 2. The molecule has 1 aliphatic rings. The molecule has 160 valence electrons. The van der Waals surface area contributed by atoms with E-state index >= 15 is 0 Å². The number of nitrogens with zero attached hydrogens (tertiary/aromatic N) is 1. The highest BCUT2D eigenvalue weighted by atomic mass is 19.1. The third kappa shape index (κ3) is 4.06. The first kappa shape index (κ1) is 20.2. The van der Waals surface area contributed by atoms with Gasteiger partial charge in [-0.1, -0.05) is 18.2 Å². The minimum atomic E-state index is -0.452. The van der Waals surface area contributed by atoms with Crippen LogP contribution in [-0.2, 0) is 0 Å². The van der Waals surface area contributed by atoms with Crippen molar-refractivity contribution in [2.45, 2.75) is 32.7 Å². The van der Waals surface area contributed by atoms with Crippen LogP contribution in [0.4, 0.5) is 4.39 Å². The number of benzene rings is 3. The summed E-state index contributed by atoms with van der Waals surface area (Å²) >= 11 is 0. The number of rotatable bonds is 5. The zero-order chi connectivity index (χ0) is 22.2. The number of hydrogen-bond acceptors (Lipinski definition) is 3. The molecule has 1 fully saturated rings. The van der Waals surface area contributed by atoms with Crippen molar-refractivity contribution in [2.75, 3.05) is 0 Å². The van der Waals surface area contributed by atoms with Crippen LogP contribution in [0.3, 0.4) is 0 Å². The largest absolute Gasteiger partial charge is 0.454 e. The minimum absolute atomic E-state index is 0.0658. The fourth-order valence-electron chi connectivity index (χ4n) is 3.66. The molecule has 1 heterocycles. The van der Waals surface area contributed by atoms with Crippen LogP contribution in [0.15, 0.2) is 66.9 Å². The number of halogens is 1. The lowest BCUT2D eigenvalue weighted by atomic mass is 10.0. The predicted molar refractivity (Wildman–Crippen MR) is 124 cm³/mol. The van der Waals surface area contributed by atoms with Crippen LogP contribution in [0.1, 0.15) is 34.3 Å². The molecule has 0 saturated heterocycles. The van der Waals surface area contributed by atoms with Gasteiger partial charge in [0.1, 0.15) is 5.75 Å². The maximum absolute atomic E-state index is 14.9. The van der Waals surface area contributed by atoms with Gasteiger partial charge >= 0.3 is 0 Å². The van der Waals surface area contributed by atoms with Gasteiger partial charge in [-0.25, -0.2) is 4.39 Å². The van der Waals surface area contributed by atoms with Crippen LogP contribution in [0.5, 0.6) is 11.5 Å². The summed E-state index contributed by atoms with van der Waals surface area (Å²) in [5.41, 5.74) is 5.24. The van der Waals surface area contributed by atoms with Crippen LogP contribution in [0, 0.1) is 19.7 Å². The first-order chi connectivity index (χ1) is 15.5. The predicted octanol–water partition coefficient (Wildman–Crippen LogP) is 6.34. The normalized spacial score (nSPS) is 13.2. The molecule has 1 aromatic heterocycles. The van der Waals surface area contributed by atoms with Gasteiger partial charge in [-0.3, -0.25) is 9.78 Å². The van der Waals surface area contributed by atoms with Gasteiger partial charge in [0.25, 0.3) is 5.91 Å². The third-order valence-electron chi connectivity index (χ3n) is 5.86. The Morgan fingerprint density at radius 1 is 0.938 bits per heavy atom. The van der Waals surface area contributed by atoms with E-state index in [1.54, 1.807) is 30.5 Å². The molecule has 1 amide bonds. The molecule has 4 aromatic rings. The molecule has 32 heavy (non-hydrogen) atoms. The molecular formula is C27H23FN2O2. The number of amides is 1. The Balaban J connectivity index is 1.38. The Hall–Kier alpha value is -3.73. The van der Waals surface area contributed by atoms with Gasteiger partial charge in [0, 0.05) is 23.2 Å². The first-order valence-electron chi connectivity index (χ1n) is 10.7. The van der Waals surface area contributed by atoms with Crippen molar-refractivity contribution < 1.29 is 13.9 Å². The second-order valence-corrected chi connectivity index (χ2v) is 8.34. The van der Waals surface area contributed by atoms with Crippen molar-refractivity contribution in [3.05, 3.63) is 89.4 Å². The number of hydrogen-bond donors (Lipinski definition) is 1. The van der Waals surface area contributed by atoms with Crippen molar-refractivity contribution in [3.63, 3.8) is 0 Å². The quantitative estimate of drug-likeness (QED) is 0.405. The maximum Gasteiger partial charge on any atom is 0.251 e. The Morgan fingerprint density at radius 2 is 1.66 bits per heavy atom. The third-order valence-corrected chi connectivity index (χ3v) is 5.86. The average Bonchev–Trinajstić information content (AvgIpc) is 3.60. The highest BCUT2D eigenvalue weighted by molar-refractivity contribution is 5.95. The van der Waals surface area contributed by atoms with E-state index in [0.29, 0.717) is 17.4 Å². The number of carbonyl (C=O) groups is 1. The van der Waals surface area contributed by atoms with E-state index in [0.717, 1.165) is 46.0 Å². The maximum atomic E-state index is 14.9. The molecule has 0 spiro atoms. The molecule has 1 aliphatic carbocycles. The Kier molecular flexibility index (Phi) is 5.10. The number of pyridine rings is 1. The standard InChI is InChI=1S/C27H23FN2O2/c1-16-13-22-24(14-17(16)2)29-12-11-25(22)32-26-10-7-20(15-23(26)28)18-3-5-19(6-4-18)27(31)30-21-8-9-21/h3-7,10-15,21H,8-9H2,1-2H3,(H,30,31). The highest BCUT2D eigenvalue weighted by Crippen LogP contribution is 2.33. The van der Waals surface area contributed by atoms with E-state index in [1.165, 1.54) is 6.07 Å². The average molecular weight is 426 g/mol. The number of aromatic nitrogens is 1. The minimum Gasteiger partial charge on any atom is -0.454 e. The number of fused-ring (bicyclic) bond motifs is 1. The molecule has 0 atom stereocenters. The molecule has 0 aliphatic heterocycles. The number of nitrogens with one attached hydrogen (secondary N) is 1. The zero-order valence-electron chi connectivity index (χ0n) is 18.0. The summed E-state index contributed by atoms with van der Waals surface area (Å²) < 4.78 is 20.9. The van der Waals surface area contributed by atoms with E-state index in [1.807, 2.05) is 44.2 Å². The van der Waals surface area contributed by atoms with Crippen LogP contribution in [-0.4, -0.2) is 16.9 Å². The zero-order valence-corrected chi connectivity index (χ0v) is 18.0. The smallest absolute Gasteiger partial charge is 0.251 e. The van der Waals surface area contributed by atoms with Gasteiger partial charge in [-0.05, 0) is 91.4 Å². The summed E-state index contributed by atoms with van der Waals surface area (Å²) in [5.74, 6) is 0.200. The van der Waals surface area contributed by atoms with E-state index < -0.39 is 5.82 Å². The van der Waals surface area contributed by atoms with E-state index in [4.69, 9.17) is 4.74 Å². The first-order valence-corrected chi connectivity index (χ1v) is 10.7. The molecule has 3 aromatic carbocycles. The second kappa shape index (κ2) is 8.08. The van der Waals surface area contributed by atoms with E-state index in [-0.39, 0.29) is 11.7 Å². The van der Waals surface area contributed by atoms with Crippen LogP contribution in [0.2, 0.25) is 0 Å². The molecule has 5 rings (SSSR count). The van der Waals surface area contributed by atoms with Crippen molar-refractivity contribution in [1.82, 2.24) is 10.3 Å². The number of carbonyl (C=O) groups excluding carboxylic acids is 1. The van der Waals surface area contributed by atoms with Crippen molar-refractivity contribution in [3.8, 4) is 22.6 Å². The van der Waals surface area contributed by atoms with E-state index in [9.17, 15) is 9.18 Å². The molecule has 4 nitrogen and oxygen atoms in total.